The molecule has 1 saturated heterocycles. The van der Waals surface area contributed by atoms with Gasteiger partial charge in [-0.15, -0.1) is 0 Å². The van der Waals surface area contributed by atoms with Gasteiger partial charge in [0.25, 0.3) is 0 Å². The van der Waals surface area contributed by atoms with E-state index in [9.17, 15) is 4.79 Å². The SMILES string of the molecule is CCCN(C(=O)NC1(C2CCOCC2)CC1)C1CC1. The average molecular weight is 266 g/mol. The van der Waals surface area contributed by atoms with Crippen LogP contribution in [0.4, 0.5) is 4.79 Å². The molecular formula is C15H26N2O2. The number of carbonyl (C=O) groups is 1. The van der Waals surface area contributed by atoms with Crippen LogP contribution in [0.2, 0.25) is 0 Å². The number of rotatable bonds is 5. The molecule has 1 aliphatic heterocycles. The van der Waals surface area contributed by atoms with Gasteiger partial charge in [-0.1, -0.05) is 6.92 Å². The molecular weight excluding hydrogens is 240 g/mol. The standard InChI is InChI=1S/C15H26N2O2/c1-2-9-17(13-3-4-13)14(18)16-15(7-8-15)12-5-10-19-11-6-12/h12-13H,2-11H2,1H3,(H,16,18). The molecule has 3 rings (SSSR count). The van der Waals surface area contributed by atoms with Crippen molar-refractivity contribution in [3.63, 3.8) is 0 Å². The molecule has 2 aliphatic carbocycles. The molecule has 2 saturated carbocycles. The van der Waals surface area contributed by atoms with Crippen LogP contribution in [-0.2, 0) is 4.74 Å². The summed E-state index contributed by atoms with van der Waals surface area (Å²) in [6.07, 6.45) is 7.97. The first kappa shape index (κ1) is 13.2. The summed E-state index contributed by atoms with van der Waals surface area (Å²) in [6, 6.07) is 0.707. The topological polar surface area (TPSA) is 41.6 Å². The van der Waals surface area contributed by atoms with Crippen LogP contribution in [0.15, 0.2) is 0 Å². The summed E-state index contributed by atoms with van der Waals surface area (Å²) in [5.41, 5.74) is 0.113. The minimum Gasteiger partial charge on any atom is -0.381 e. The summed E-state index contributed by atoms with van der Waals surface area (Å²) in [6.45, 7) is 4.78. The highest BCUT2D eigenvalue weighted by Crippen LogP contribution is 2.46. The van der Waals surface area contributed by atoms with Gasteiger partial charge in [-0.25, -0.2) is 4.79 Å². The molecule has 4 heteroatoms. The average Bonchev–Trinajstić information content (AvgIpc) is 3.32. The zero-order valence-electron chi connectivity index (χ0n) is 12.0. The van der Waals surface area contributed by atoms with Crippen LogP contribution < -0.4 is 5.32 Å². The summed E-state index contributed by atoms with van der Waals surface area (Å²) in [5.74, 6) is 0.632. The van der Waals surface area contributed by atoms with Gasteiger partial charge in [0, 0.05) is 31.3 Å². The maximum Gasteiger partial charge on any atom is 0.318 e. The Bertz CT molecular complexity index is 331. The Morgan fingerprint density at radius 1 is 1.26 bits per heavy atom. The summed E-state index contributed by atoms with van der Waals surface area (Å²) >= 11 is 0. The second-order valence-corrected chi connectivity index (χ2v) is 6.40. The van der Waals surface area contributed by atoms with E-state index in [1.807, 2.05) is 0 Å². The third-order valence-corrected chi connectivity index (χ3v) is 4.86. The van der Waals surface area contributed by atoms with Crippen LogP contribution in [0.1, 0.15) is 51.9 Å². The van der Waals surface area contributed by atoms with Crippen molar-refractivity contribution < 1.29 is 9.53 Å². The lowest BCUT2D eigenvalue weighted by atomic mass is 9.89. The zero-order chi connectivity index (χ0) is 13.3. The van der Waals surface area contributed by atoms with Crippen LogP contribution in [-0.4, -0.2) is 42.3 Å². The molecule has 0 aromatic rings. The summed E-state index contributed by atoms with van der Waals surface area (Å²) in [5, 5.41) is 3.37. The van der Waals surface area contributed by atoms with Gasteiger partial charge in [-0.2, -0.15) is 0 Å². The van der Waals surface area contributed by atoms with Gasteiger partial charge in [-0.05, 0) is 50.9 Å². The van der Waals surface area contributed by atoms with Gasteiger partial charge < -0.3 is 15.0 Å². The Morgan fingerprint density at radius 3 is 2.47 bits per heavy atom. The number of hydrogen-bond donors (Lipinski definition) is 1. The van der Waals surface area contributed by atoms with Crippen molar-refractivity contribution in [1.29, 1.82) is 0 Å². The molecule has 0 aromatic carbocycles. The second-order valence-electron chi connectivity index (χ2n) is 6.40. The smallest absolute Gasteiger partial charge is 0.318 e. The van der Waals surface area contributed by atoms with Gasteiger partial charge in [-0.3, -0.25) is 0 Å². The van der Waals surface area contributed by atoms with Gasteiger partial charge in [0.15, 0.2) is 0 Å². The first-order valence-corrected chi connectivity index (χ1v) is 7.92. The van der Waals surface area contributed by atoms with Crippen LogP contribution in [0.25, 0.3) is 0 Å². The van der Waals surface area contributed by atoms with Crippen molar-refractivity contribution in [2.75, 3.05) is 19.8 Å². The van der Waals surface area contributed by atoms with E-state index < -0.39 is 0 Å². The predicted octanol–water partition coefficient (Wildman–Crippen LogP) is 2.53. The molecule has 0 radical (unpaired) electrons. The van der Waals surface area contributed by atoms with Crippen molar-refractivity contribution in [1.82, 2.24) is 10.2 Å². The fourth-order valence-electron chi connectivity index (χ4n) is 3.38. The number of hydrogen-bond acceptors (Lipinski definition) is 2. The zero-order valence-corrected chi connectivity index (χ0v) is 12.0. The van der Waals surface area contributed by atoms with Gasteiger partial charge in [0.2, 0.25) is 0 Å². The lowest BCUT2D eigenvalue weighted by Gasteiger charge is -2.33. The first-order chi connectivity index (χ1) is 9.25. The van der Waals surface area contributed by atoms with E-state index in [1.54, 1.807) is 0 Å². The van der Waals surface area contributed by atoms with E-state index in [0.717, 1.165) is 51.9 Å². The number of amides is 2. The van der Waals surface area contributed by atoms with Crippen LogP contribution in [0.5, 0.6) is 0 Å². The fourth-order valence-corrected chi connectivity index (χ4v) is 3.38. The molecule has 4 nitrogen and oxygen atoms in total. The molecule has 108 valence electrons. The van der Waals surface area contributed by atoms with Crippen molar-refractivity contribution in [2.24, 2.45) is 5.92 Å². The third-order valence-electron chi connectivity index (χ3n) is 4.86. The molecule has 1 heterocycles. The van der Waals surface area contributed by atoms with E-state index in [1.165, 1.54) is 12.8 Å². The highest BCUT2D eigenvalue weighted by atomic mass is 16.5. The summed E-state index contributed by atoms with van der Waals surface area (Å²) in [4.78, 5) is 14.6. The lowest BCUT2D eigenvalue weighted by Crippen LogP contribution is -2.51. The number of nitrogens with zero attached hydrogens (tertiary/aromatic N) is 1. The highest BCUT2D eigenvalue weighted by molar-refractivity contribution is 5.76. The molecule has 1 N–H and O–H groups in total. The van der Waals surface area contributed by atoms with Gasteiger partial charge >= 0.3 is 6.03 Å². The lowest BCUT2D eigenvalue weighted by molar-refractivity contribution is 0.0499. The van der Waals surface area contributed by atoms with Crippen molar-refractivity contribution in [3.05, 3.63) is 0 Å². The van der Waals surface area contributed by atoms with Crippen molar-refractivity contribution in [2.45, 2.75) is 63.5 Å². The Hall–Kier alpha value is -0.770. The molecule has 0 aromatic heterocycles. The Morgan fingerprint density at radius 2 is 1.95 bits per heavy atom. The summed E-state index contributed by atoms with van der Waals surface area (Å²) < 4.78 is 5.44. The number of ether oxygens (including phenoxy) is 1. The number of nitrogens with one attached hydrogen (secondary N) is 1. The van der Waals surface area contributed by atoms with Crippen LogP contribution in [0, 0.1) is 5.92 Å². The molecule has 0 atom stereocenters. The quantitative estimate of drug-likeness (QED) is 0.831. The van der Waals surface area contributed by atoms with Crippen LogP contribution >= 0.6 is 0 Å². The largest absolute Gasteiger partial charge is 0.381 e. The normalized spacial score (nSPS) is 25.9. The molecule has 19 heavy (non-hydrogen) atoms. The van der Waals surface area contributed by atoms with Crippen molar-refractivity contribution in [3.8, 4) is 0 Å². The second kappa shape index (κ2) is 5.31. The third kappa shape index (κ3) is 2.88. The van der Waals surface area contributed by atoms with E-state index in [4.69, 9.17) is 4.74 Å². The Labute approximate surface area is 115 Å². The van der Waals surface area contributed by atoms with E-state index in [-0.39, 0.29) is 11.6 Å². The molecule has 0 spiro atoms. The summed E-state index contributed by atoms with van der Waals surface area (Å²) in [7, 11) is 0. The minimum absolute atomic E-state index is 0.113. The van der Waals surface area contributed by atoms with E-state index >= 15 is 0 Å². The molecule has 0 bridgehead atoms. The molecule has 3 fully saturated rings. The molecule has 2 amide bonds. The Kier molecular flexibility index (Phi) is 3.70. The van der Waals surface area contributed by atoms with E-state index in [2.05, 4.69) is 17.1 Å². The number of carbonyl (C=O) groups excluding carboxylic acids is 1. The number of urea groups is 1. The predicted molar refractivity (Wildman–Crippen MR) is 74.1 cm³/mol. The molecule has 0 unspecified atom stereocenters. The maximum absolute atomic E-state index is 12.5. The van der Waals surface area contributed by atoms with Crippen LogP contribution in [0.3, 0.4) is 0 Å². The van der Waals surface area contributed by atoms with Gasteiger partial charge in [0.05, 0.1) is 0 Å². The maximum atomic E-state index is 12.5. The highest BCUT2D eigenvalue weighted by Gasteiger charge is 2.51. The fraction of sp³-hybridized carbons (Fsp3) is 0.933. The molecule has 3 aliphatic rings. The van der Waals surface area contributed by atoms with Gasteiger partial charge in [0.1, 0.15) is 0 Å². The van der Waals surface area contributed by atoms with Crippen molar-refractivity contribution >= 4 is 6.03 Å². The Balaban J connectivity index is 1.58. The minimum atomic E-state index is 0.113. The first-order valence-electron chi connectivity index (χ1n) is 7.92. The monoisotopic (exact) mass is 266 g/mol. The van der Waals surface area contributed by atoms with E-state index in [0.29, 0.717) is 12.0 Å².